The van der Waals surface area contributed by atoms with Gasteiger partial charge in [-0.2, -0.15) is 0 Å². The molecule has 0 N–H and O–H groups in total. The lowest BCUT2D eigenvalue weighted by Gasteiger charge is -2.20. The van der Waals surface area contributed by atoms with E-state index < -0.39 is 0 Å². The lowest BCUT2D eigenvalue weighted by atomic mass is 9.85. The molecule has 0 saturated carbocycles. The van der Waals surface area contributed by atoms with Crippen LogP contribution >= 0.6 is 0 Å². The van der Waals surface area contributed by atoms with Gasteiger partial charge in [0.15, 0.2) is 0 Å². The molecule has 1 aromatic rings. The van der Waals surface area contributed by atoms with Gasteiger partial charge < -0.3 is 0 Å². The second-order valence-electron chi connectivity index (χ2n) is 5.59. The Balaban J connectivity index is 2.62. The highest BCUT2D eigenvalue weighted by atomic mass is 14.2. The van der Waals surface area contributed by atoms with Gasteiger partial charge in [-0.3, -0.25) is 0 Å². The van der Waals surface area contributed by atoms with Crippen molar-refractivity contribution in [1.82, 2.24) is 0 Å². The number of unbranched alkanes of at least 4 members (excludes halogenated alkanes) is 1. The summed E-state index contributed by atoms with van der Waals surface area (Å²) in [5.41, 5.74) is 3.17. The van der Waals surface area contributed by atoms with Crippen LogP contribution in [0, 0.1) is 5.41 Å². The molecule has 1 rings (SSSR count). The third-order valence-corrected chi connectivity index (χ3v) is 3.12. The zero-order chi connectivity index (χ0) is 12.7. The van der Waals surface area contributed by atoms with E-state index in [9.17, 15) is 0 Å². The minimum Gasteiger partial charge on any atom is -0.0911 e. The van der Waals surface area contributed by atoms with E-state index in [2.05, 4.69) is 64.1 Å². The Labute approximate surface area is 107 Å². The first-order valence-electron chi connectivity index (χ1n) is 6.79. The monoisotopic (exact) mass is 230 g/mol. The average molecular weight is 230 g/mol. The first-order chi connectivity index (χ1) is 8.07. The molecule has 0 heterocycles. The lowest BCUT2D eigenvalue weighted by molar-refractivity contribution is 0.477. The Hall–Kier alpha value is -1.04. The fourth-order valence-electron chi connectivity index (χ4n) is 2.24. The maximum Gasteiger partial charge on any atom is -0.0135 e. The first-order valence-corrected chi connectivity index (χ1v) is 6.79. The summed E-state index contributed by atoms with van der Waals surface area (Å²) in [7, 11) is 0. The fourth-order valence-corrected chi connectivity index (χ4v) is 2.24. The SMILES string of the molecule is CC=CC(C)(C)Cc1ccc(CCCC)cc1. The molecule has 94 valence electrons. The van der Waals surface area contributed by atoms with Gasteiger partial charge in [-0.1, -0.05) is 63.6 Å². The summed E-state index contributed by atoms with van der Waals surface area (Å²) in [5.74, 6) is 0. The molecule has 0 spiro atoms. The fraction of sp³-hybridized carbons (Fsp3) is 0.529. The number of hydrogen-bond donors (Lipinski definition) is 0. The highest BCUT2D eigenvalue weighted by Gasteiger charge is 2.13. The number of aryl methyl sites for hydroxylation is 1. The van der Waals surface area contributed by atoms with Crippen LogP contribution in [0.5, 0.6) is 0 Å². The van der Waals surface area contributed by atoms with Crippen LogP contribution in [0.2, 0.25) is 0 Å². The molecular formula is C17H26. The van der Waals surface area contributed by atoms with Crippen molar-refractivity contribution >= 4 is 0 Å². The zero-order valence-corrected chi connectivity index (χ0v) is 11.8. The maximum atomic E-state index is 2.29. The van der Waals surface area contributed by atoms with E-state index in [1.807, 2.05) is 0 Å². The van der Waals surface area contributed by atoms with Crippen molar-refractivity contribution in [2.24, 2.45) is 5.41 Å². The van der Waals surface area contributed by atoms with Crippen molar-refractivity contribution in [2.75, 3.05) is 0 Å². The molecule has 0 nitrogen and oxygen atoms in total. The standard InChI is InChI=1S/C17H26/c1-5-7-8-15-9-11-16(12-10-15)14-17(3,4)13-6-2/h6,9-13H,5,7-8,14H2,1-4H3. The second-order valence-corrected chi connectivity index (χ2v) is 5.59. The highest BCUT2D eigenvalue weighted by molar-refractivity contribution is 5.24. The van der Waals surface area contributed by atoms with E-state index in [0.717, 1.165) is 6.42 Å². The Bertz CT molecular complexity index is 341. The molecule has 0 heteroatoms. The van der Waals surface area contributed by atoms with Gasteiger partial charge in [0.05, 0.1) is 0 Å². The van der Waals surface area contributed by atoms with Crippen molar-refractivity contribution in [3.05, 3.63) is 47.5 Å². The summed E-state index contributed by atoms with van der Waals surface area (Å²) in [6, 6.07) is 9.15. The molecule has 0 aliphatic carbocycles. The smallest absolute Gasteiger partial charge is 0.0135 e. The van der Waals surface area contributed by atoms with Crippen molar-refractivity contribution in [2.45, 2.75) is 53.4 Å². The predicted octanol–water partition coefficient (Wildman–Crippen LogP) is 5.17. The van der Waals surface area contributed by atoms with Gasteiger partial charge in [-0.05, 0) is 42.7 Å². The summed E-state index contributed by atoms with van der Waals surface area (Å²) in [6.45, 7) is 8.92. The molecule has 17 heavy (non-hydrogen) atoms. The summed E-state index contributed by atoms with van der Waals surface area (Å²) in [4.78, 5) is 0. The number of hydrogen-bond acceptors (Lipinski definition) is 0. The lowest BCUT2D eigenvalue weighted by Crippen LogP contribution is -2.11. The number of rotatable bonds is 6. The van der Waals surface area contributed by atoms with Crippen LogP contribution in [0.4, 0.5) is 0 Å². The minimum atomic E-state index is 0.264. The minimum absolute atomic E-state index is 0.264. The van der Waals surface area contributed by atoms with Crippen LogP contribution in [0.15, 0.2) is 36.4 Å². The van der Waals surface area contributed by atoms with Gasteiger partial charge >= 0.3 is 0 Å². The largest absolute Gasteiger partial charge is 0.0911 e. The summed E-state index contributed by atoms with van der Waals surface area (Å²) in [5, 5.41) is 0. The van der Waals surface area contributed by atoms with E-state index >= 15 is 0 Å². The highest BCUT2D eigenvalue weighted by Crippen LogP contribution is 2.23. The Morgan fingerprint density at radius 1 is 1.06 bits per heavy atom. The number of benzene rings is 1. The van der Waals surface area contributed by atoms with E-state index in [-0.39, 0.29) is 5.41 Å². The quantitative estimate of drug-likeness (QED) is 0.591. The van der Waals surface area contributed by atoms with Crippen LogP contribution in [0.3, 0.4) is 0 Å². The molecular weight excluding hydrogens is 204 g/mol. The van der Waals surface area contributed by atoms with Gasteiger partial charge in [-0.15, -0.1) is 0 Å². The molecule has 0 aromatic heterocycles. The third kappa shape index (κ3) is 5.21. The van der Waals surface area contributed by atoms with Gasteiger partial charge in [0.1, 0.15) is 0 Å². The predicted molar refractivity (Wildman–Crippen MR) is 77.4 cm³/mol. The van der Waals surface area contributed by atoms with Gasteiger partial charge in [-0.25, -0.2) is 0 Å². The molecule has 0 unspecified atom stereocenters. The maximum absolute atomic E-state index is 2.29. The molecule has 0 atom stereocenters. The molecule has 0 bridgehead atoms. The van der Waals surface area contributed by atoms with Crippen LogP contribution in [-0.4, -0.2) is 0 Å². The molecule has 0 fully saturated rings. The van der Waals surface area contributed by atoms with Crippen molar-refractivity contribution in [3.63, 3.8) is 0 Å². The van der Waals surface area contributed by atoms with Gasteiger partial charge in [0.2, 0.25) is 0 Å². The molecule has 0 radical (unpaired) electrons. The van der Waals surface area contributed by atoms with Crippen molar-refractivity contribution < 1.29 is 0 Å². The Kier molecular flexibility index (Phi) is 5.47. The van der Waals surface area contributed by atoms with E-state index in [1.165, 1.54) is 30.4 Å². The van der Waals surface area contributed by atoms with Crippen molar-refractivity contribution in [1.29, 1.82) is 0 Å². The normalized spacial score (nSPS) is 12.2. The van der Waals surface area contributed by atoms with E-state index in [0.29, 0.717) is 0 Å². The topological polar surface area (TPSA) is 0 Å². The van der Waals surface area contributed by atoms with Crippen LogP contribution < -0.4 is 0 Å². The Morgan fingerprint density at radius 3 is 2.18 bits per heavy atom. The van der Waals surface area contributed by atoms with E-state index in [4.69, 9.17) is 0 Å². The summed E-state index contributed by atoms with van der Waals surface area (Å²) < 4.78 is 0. The van der Waals surface area contributed by atoms with Crippen LogP contribution in [0.25, 0.3) is 0 Å². The van der Waals surface area contributed by atoms with E-state index in [1.54, 1.807) is 0 Å². The van der Waals surface area contributed by atoms with Gasteiger partial charge in [0, 0.05) is 0 Å². The molecule has 0 amide bonds. The zero-order valence-electron chi connectivity index (χ0n) is 11.8. The second kappa shape index (κ2) is 6.64. The number of allylic oxidation sites excluding steroid dienone is 2. The third-order valence-electron chi connectivity index (χ3n) is 3.12. The summed E-state index contributed by atoms with van der Waals surface area (Å²) >= 11 is 0. The first kappa shape index (κ1) is 14.0. The summed E-state index contributed by atoms with van der Waals surface area (Å²) in [6.07, 6.45) is 9.34. The van der Waals surface area contributed by atoms with Crippen LogP contribution in [0.1, 0.15) is 51.7 Å². The molecule has 0 saturated heterocycles. The molecule has 1 aromatic carbocycles. The van der Waals surface area contributed by atoms with Gasteiger partial charge in [0.25, 0.3) is 0 Å². The average Bonchev–Trinajstić information content (AvgIpc) is 2.27. The van der Waals surface area contributed by atoms with Crippen molar-refractivity contribution in [3.8, 4) is 0 Å². The Morgan fingerprint density at radius 2 is 1.65 bits per heavy atom. The molecule has 0 aliphatic heterocycles. The van der Waals surface area contributed by atoms with Crippen LogP contribution in [-0.2, 0) is 12.8 Å². The molecule has 0 aliphatic rings.